The number of hydrogen-bond donors (Lipinski definition) is 1. The molecular formula is C19H23F4N5O2. The zero-order valence-corrected chi connectivity index (χ0v) is 16.7. The minimum absolute atomic E-state index is 0.234. The summed E-state index contributed by atoms with van der Waals surface area (Å²) in [7, 11) is 3.79. The van der Waals surface area contributed by atoms with Crippen molar-refractivity contribution in [3.63, 3.8) is 0 Å². The van der Waals surface area contributed by atoms with E-state index in [1.54, 1.807) is 4.57 Å². The molecule has 1 aliphatic heterocycles. The van der Waals surface area contributed by atoms with E-state index in [-0.39, 0.29) is 5.69 Å². The van der Waals surface area contributed by atoms with Crippen molar-refractivity contribution in [2.24, 2.45) is 0 Å². The number of carbonyl (C=O) groups excluding carboxylic acids is 1. The van der Waals surface area contributed by atoms with E-state index in [2.05, 4.69) is 10.4 Å². The number of amides is 1. The van der Waals surface area contributed by atoms with Crippen LogP contribution in [0.2, 0.25) is 0 Å². The Morgan fingerprint density at radius 3 is 2.70 bits per heavy atom. The number of halogens is 4. The number of alkyl halides is 3. The third-order valence-corrected chi connectivity index (χ3v) is 5.06. The number of rotatable bonds is 5. The number of nitrogens with zero attached hydrogens (tertiary/aromatic N) is 4. The highest BCUT2D eigenvalue weighted by Crippen LogP contribution is 2.32. The van der Waals surface area contributed by atoms with Crippen LogP contribution in [0.3, 0.4) is 0 Å². The van der Waals surface area contributed by atoms with Crippen LogP contribution in [0.4, 0.5) is 17.6 Å². The number of benzene rings is 1. The molecule has 11 heteroatoms. The Morgan fingerprint density at radius 2 is 2.03 bits per heavy atom. The van der Waals surface area contributed by atoms with Gasteiger partial charge in [0.05, 0.1) is 17.7 Å². The van der Waals surface area contributed by atoms with E-state index in [1.165, 1.54) is 4.68 Å². The van der Waals surface area contributed by atoms with Crippen LogP contribution in [0.25, 0.3) is 0 Å². The molecule has 1 amide bonds. The van der Waals surface area contributed by atoms with Crippen LogP contribution in [0.1, 0.15) is 34.6 Å². The zero-order chi connectivity index (χ0) is 22.1. The fourth-order valence-corrected chi connectivity index (χ4v) is 3.40. The molecule has 30 heavy (non-hydrogen) atoms. The van der Waals surface area contributed by atoms with E-state index in [0.717, 1.165) is 12.1 Å². The van der Waals surface area contributed by atoms with Crippen molar-refractivity contribution >= 4 is 5.91 Å². The van der Waals surface area contributed by atoms with Crippen LogP contribution in [0, 0.1) is 5.82 Å². The van der Waals surface area contributed by atoms with Gasteiger partial charge in [-0.15, -0.1) is 0 Å². The summed E-state index contributed by atoms with van der Waals surface area (Å²) in [6.07, 6.45) is -3.64. The molecule has 0 fully saturated rings. The minimum Gasteiger partial charge on any atom is -0.349 e. The van der Waals surface area contributed by atoms with Gasteiger partial charge in [0.25, 0.3) is 5.91 Å². The quantitative estimate of drug-likeness (QED) is 0.737. The molecule has 0 saturated heterocycles. The van der Waals surface area contributed by atoms with Crippen LogP contribution >= 0.6 is 0 Å². The van der Waals surface area contributed by atoms with Gasteiger partial charge < -0.3 is 10.2 Å². The lowest BCUT2D eigenvalue weighted by molar-refractivity contribution is -0.140. The van der Waals surface area contributed by atoms with E-state index < -0.39 is 35.1 Å². The molecule has 1 aromatic carbocycles. The molecule has 3 rings (SSSR count). The van der Waals surface area contributed by atoms with Crippen molar-refractivity contribution in [1.29, 1.82) is 0 Å². The number of hydrogen-bond acceptors (Lipinski definition) is 4. The standard InChI is InChI=1S/C19H23F4N5O2/c1-26(2)10-11-28-18(30)27-9-8-12(6-7-15(27)25-28)24-17(29)13-4-3-5-14(16(13)20)19(21,22)23/h3-5,12H,6-11H2,1-2H3,(H,24,29). The SMILES string of the molecule is CN(C)CCn1nc2n(c1=O)CCC(NC(=O)c1cccc(C(F)(F)F)c1F)CC2. The Labute approximate surface area is 170 Å². The predicted molar refractivity (Wildman–Crippen MR) is 101 cm³/mol. The molecule has 0 radical (unpaired) electrons. The molecule has 164 valence electrons. The molecule has 0 bridgehead atoms. The third kappa shape index (κ3) is 4.72. The van der Waals surface area contributed by atoms with Gasteiger partial charge in [-0.25, -0.2) is 13.9 Å². The fraction of sp³-hybridized carbons (Fsp3) is 0.526. The van der Waals surface area contributed by atoms with Crippen LogP contribution in [-0.4, -0.2) is 51.8 Å². The number of aromatic nitrogens is 3. The summed E-state index contributed by atoms with van der Waals surface area (Å²) < 4.78 is 55.8. The summed E-state index contributed by atoms with van der Waals surface area (Å²) in [6, 6.07) is 2.20. The van der Waals surface area contributed by atoms with Crippen molar-refractivity contribution in [2.75, 3.05) is 20.6 Å². The number of nitrogens with one attached hydrogen (secondary N) is 1. The molecule has 2 aromatic rings. The largest absolute Gasteiger partial charge is 0.419 e. The molecule has 1 aliphatic rings. The Bertz CT molecular complexity index is 980. The average Bonchev–Trinajstić information content (AvgIpc) is 2.82. The molecule has 1 unspecified atom stereocenters. The van der Waals surface area contributed by atoms with Gasteiger partial charge in [0, 0.05) is 25.6 Å². The molecule has 0 saturated carbocycles. The lowest BCUT2D eigenvalue weighted by Gasteiger charge is -2.17. The monoisotopic (exact) mass is 429 g/mol. The third-order valence-electron chi connectivity index (χ3n) is 5.06. The predicted octanol–water partition coefficient (Wildman–Crippen LogP) is 1.90. The molecule has 1 N–H and O–H groups in total. The van der Waals surface area contributed by atoms with Crippen molar-refractivity contribution in [1.82, 2.24) is 24.6 Å². The van der Waals surface area contributed by atoms with Gasteiger partial charge in [-0.05, 0) is 39.1 Å². The second-order valence-electron chi connectivity index (χ2n) is 7.54. The Kier molecular flexibility index (Phi) is 6.30. The minimum atomic E-state index is -4.88. The van der Waals surface area contributed by atoms with Gasteiger partial charge in [0.15, 0.2) is 0 Å². The highest BCUT2D eigenvalue weighted by atomic mass is 19.4. The van der Waals surface area contributed by atoms with E-state index in [9.17, 15) is 27.2 Å². The van der Waals surface area contributed by atoms with Gasteiger partial charge in [-0.1, -0.05) is 6.07 Å². The second-order valence-corrected chi connectivity index (χ2v) is 7.54. The van der Waals surface area contributed by atoms with E-state index in [1.807, 2.05) is 19.0 Å². The summed E-state index contributed by atoms with van der Waals surface area (Å²) in [5.41, 5.74) is -2.37. The topological polar surface area (TPSA) is 72.2 Å². The fourth-order valence-electron chi connectivity index (χ4n) is 3.40. The molecule has 2 heterocycles. The summed E-state index contributed by atoms with van der Waals surface area (Å²) in [4.78, 5) is 26.8. The number of likely N-dealkylation sites (N-methyl/N-ethyl adjacent to an activating group) is 1. The molecule has 1 aromatic heterocycles. The number of carbonyl (C=O) groups is 1. The van der Waals surface area contributed by atoms with Crippen LogP contribution in [0.5, 0.6) is 0 Å². The number of fused-ring (bicyclic) bond motifs is 1. The highest BCUT2D eigenvalue weighted by molar-refractivity contribution is 5.94. The zero-order valence-electron chi connectivity index (χ0n) is 16.7. The maximum atomic E-state index is 14.2. The summed E-state index contributed by atoms with van der Waals surface area (Å²) >= 11 is 0. The van der Waals surface area contributed by atoms with E-state index >= 15 is 0 Å². The first-order valence-corrected chi connectivity index (χ1v) is 9.55. The molecule has 0 spiro atoms. The Balaban J connectivity index is 1.69. The van der Waals surface area contributed by atoms with Gasteiger partial charge in [-0.2, -0.15) is 18.3 Å². The first kappa shape index (κ1) is 22.0. The normalized spacial score (nSPS) is 17.0. The molecule has 7 nitrogen and oxygen atoms in total. The number of aryl methyl sites for hydroxylation is 1. The molecule has 0 aliphatic carbocycles. The van der Waals surface area contributed by atoms with Gasteiger partial charge in [0.2, 0.25) is 0 Å². The summed E-state index contributed by atoms with van der Waals surface area (Å²) in [6.45, 7) is 1.44. The van der Waals surface area contributed by atoms with Gasteiger partial charge >= 0.3 is 11.9 Å². The lowest BCUT2D eigenvalue weighted by Crippen LogP contribution is -2.36. The first-order valence-electron chi connectivity index (χ1n) is 9.55. The van der Waals surface area contributed by atoms with Crippen molar-refractivity contribution in [2.45, 2.75) is 44.6 Å². The van der Waals surface area contributed by atoms with Crippen molar-refractivity contribution < 1.29 is 22.4 Å². The lowest BCUT2D eigenvalue weighted by atomic mass is 10.1. The van der Waals surface area contributed by atoms with E-state index in [0.29, 0.717) is 50.8 Å². The maximum absolute atomic E-state index is 14.2. The van der Waals surface area contributed by atoms with Crippen LogP contribution < -0.4 is 11.0 Å². The Hall–Kier alpha value is -2.69. The first-order chi connectivity index (χ1) is 14.1. The van der Waals surface area contributed by atoms with Crippen LogP contribution in [-0.2, 0) is 25.7 Å². The average molecular weight is 429 g/mol. The van der Waals surface area contributed by atoms with Gasteiger partial charge in [0.1, 0.15) is 11.6 Å². The van der Waals surface area contributed by atoms with Gasteiger partial charge in [-0.3, -0.25) is 9.36 Å². The smallest absolute Gasteiger partial charge is 0.349 e. The molecular weight excluding hydrogens is 406 g/mol. The highest BCUT2D eigenvalue weighted by Gasteiger charge is 2.36. The maximum Gasteiger partial charge on any atom is 0.419 e. The van der Waals surface area contributed by atoms with Crippen LogP contribution in [0.15, 0.2) is 23.0 Å². The Morgan fingerprint density at radius 1 is 1.30 bits per heavy atom. The second kappa shape index (κ2) is 8.58. The van der Waals surface area contributed by atoms with Crippen molar-refractivity contribution in [3.8, 4) is 0 Å². The summed E-state index contributed by atoms with van der Waals surface area (Å²) in [5.74, 6) is -1.90. The summed E-state index contributed by atoms with van der Waals surface area (Å²) in [5, 5.41) is 6.94. The van der Waals surface area contributed by atoms with E-state index in [4.69, 9.17) is 0 Å². The molecule has 1 atom stereocenters. The van der Waals surface area contributed by atoms with Crippen molar-refractivity contribution in [3.05, 3.63) is 51.5 Å².